The van der Waals surface area contributed by atoms with Gasteiger partial charge in [-0.2, -0.15) is 5.10 Å². The van der Waals surface area contributed by atoms with E-state index in [-0.39, 0.29) is 11.8 Å². The minimum Gasteiger partial charge on any atom is -0.356 e. The number of aryl methyl sites for hydroxylation is 1. The van der Waals surface area contributed by atoms with E-state index < -0.39 is 8.07 Å². The summed E-state index contributed by atoms with van der Waals surface area (Å²) in [7, 11) is -0.225. The van der Waals surface area contributed by atoms with Crippen LogP contribution in [0.1, 0.15) is 72.7 Å². The number of nitrogens with one attached hydrogen (secondary N) is 1. The summed E-state index contributed by atoms with van der Waals surface area (Å²) in [6, 6.07) is 1.96. The molecule has 8 heteroatoms. The fourth-order valence-corrected chi connectivity index (χ4v) is 10.9. The van der Waals surface area contributed by atoms with Gasteiger partial charge in [-0.05, 0) is 42.0 Å². The molecule has 0 spiro atoms. The molecule has 1 fully saturated rings. The van der Waals surface area contributed by atoms with Crippen molar-refractivity contribution in [1.29, 1.82) is 0 Å². The predicted octanol–water partition coefficient (Wildman–Crippen LogP) is 5.39. The molecule has 0 saturated carbocycles. The molecular weight excluding hydrogens is 442 g/mol. The van der Waals surface area contributed by atoms with Gasteiger partial charge < -0.3 is 9.84 Å². The third-order valence-corrected chi connectivity index (χ3v) is 13.8. The molecule has 0 radical (unpaired) electrons. The normalized spacial score (nSPS) is 17.1. The summed E-state index contributed by atoms with van der Waals surface area (Å²) >= 11 is 0. The first-order chi connectivity index (χ1) is 16.2. The molecule has 1 aliphatic rings. The largest absolute Gasteiger partial charge is 0.356 e. The number of hydrogen-bond acceptors (Lipinski definition) is 4. The molecule has 4 rings (SSSR count). The van der Waals surface area contributed by atoms with E-state index in [0.29, 0.717) is 27.9 Å². The summed E-state index contributed by atoms with van der Waals surface area (Å²) in [6.07, 6.45) is 6.51. The topological polar surface area (TPSA) is 77.7 Å². The summed E-state index contributed by atoms with van der Waals surface area (Å²) in [5, 5.41) is 8.83. The van der Waals surface area contributed by atoms with Crippen LogP contribution in [0.25, 0.3) is 22.2 Å². The van der Waals surface area contributed by atoms with E-state index in [4.69, 9.17) is 9.84 Å². The molecule has 1 saturated heterocycles. The quantitative estimate of drug-likeness (QED) is 0.393. The van der Waals surface area contributed by atoms with Gasteiger partial charge in [0.1, 0.15) is 13.8 Å². The second kappa shape index (κ2) is 9.55. The predicted molar refractivity (Wildman–Crippen MR) is 139 cm³/mol. The van der Waals surface area contributed by atoms with Crippen molar-refractivity contribution in [3.63, 3.8) is 0 Å². The standard InChI is InChI=1S/C26H37N5O2Si/c1-17(2)34(18(3)4,19(5)6)13-11-22-20-14-23(21-15-28-30(7)26(21)32)27-16-24(20)31(29-22)25-10-8-9-12-33-25/h14-19,25,28H,8-10,12H2,1-7H3. The highest BCUT2D eigenvalue weighted by atomic mass is 28.3. The highest BCUT2D eigenvalue weighted by Crippen LogP contribution is 2.41. The Balaban J connectivity index is 1.91. The number of ether oxygens (including phenoxy) is 1. The summed E-state index contributed by atoms with van der Waals surface area (Å²) in [6.45, 7) is 14.6. The lowest BCUT2D eigenvalue weighted by Crippen LogP contribution is -2.43. The molecule has 3 aromatic heterocycles. The third-order valence-electron chi connectivity index (χ3n) is 7.50. The maximum atomic E-state index is 12.6. The van der Waals surface area contributed by atoms with Crippen LogP contribution in [-0.2, 0) is 11.8 Å². The Morgan fingerprint density at radius 1 is 1.15 bits per heavy atom. The fourth-order valence-electron chi connectivity index (χ4n) is 5.66. The van der Waals surface area contributed by atoms with Gasteiger partial charge in [0.25, 0.3) is 5.56 Å². The first kappa shape index (κ1) is 24.5. The van der Waals surface area contributed by atoms with Crippen LogP contribution < -0.4 is 5.56 Å². The number of rotatable bonds is 5. The van der Waals surface area contributed by atoms with Crippen molar-refractivity contribution >= 4 is 19.0 Å². The summed E-state index contributed by atoms with van der Waals surface area (Å²) in [4.78, 5) is 17.2. The first-order valence-electron chi connectivity index (χ1n) is 12.4. The first-order valence-corrected chi connectivity index (χ1v) is 14.7. The Bertz CT molecular complexity index is 1260. The van der Waals surface area contributed by atoms with Gasteiger partial charge in [0.15, 0.2) is 6.23 Å². The van der Waals surface area contributed by atoms with Gasteiger partial charge in [-0.15, -0.1) is 5.54 Å². The molecule has 1 aliphatic heterocycles. The van der Waals surface area contributed by atoms with Crippen LogP contribution in [0, 0.1) is 11.5 Å². The van der Waals surface area contributed by atoms with Gasteiger partial charge >= 0.3 is 0 Å². The van der Waals surface area contributed by atoms with Gasteiger partial charge in [-0.1, -0.05) is 47.5 Å². The second-order valence-corrected chi connectivity index (χ2v) is 16.0. The van der Waals surface area contributed by atoms with Crippen molar-refractivity contribution in [2.45, 2.75) is 83.7 Å². The van der Waals surface area contributed by atoms with Gasteiger partial charge in [0.2, 0.25) is 0 Å². The van der Waals surface area contributed by atoms with Crippen molar-refractivity contribution in [3.05, 3.63) is 34.5 Å². The maximum absolute atomic E-state index is 12.6. The van der Waals surface area contributed by atoms with Gasteiger partial charge in [-0.3, -0.25) is 14.5 Å². The summed E-state index contributed by atoms with van der Waals surface area (Å²) in [5.41, 5.74) is 8.14. The van der Waals surface area contributed by atoms with Crippen molar-refractivity contribution < 1.29 is 4.74 Å². The molecule has 0 amide bonds. The van der Waals surface area contributed by atoms with E-state index >= 15 is 0 Å². The fraction of sp³-hybridized carbons (Fsp3) is 0.577. The minimum absolute atomic E-state index is 0.103. The molecule has 1 unspecified atom stereocenters. The number of aromatic amines is 1. The Morgan fingerprint density at radius 3 is 2.41 bits per heavy atom. The molecule has 3 aromatic rings. The van der Waals surface area contributed by atoms with Crippen LogP contribution in [-0.4, -0.2) is 39.2 Å². The van der Waals surface area contributed by atoms with Crippen molar-refractivity contribution in [2.24, 2.45) is 7.05 Å². The zero-order chi connectivity index (χ0) is 24.6. The average molecular weight is 480 g/mol. The number of aromatic nitrogens is 5. The van der Waals surface area contributed by atoms with E-state index in [9.17, 15) is 4.79 Å². The smallest absolute Gasteiger partial charge is 0.275 e. The maximum Gasteiger partial charge on any atom is 0.275 e. The SMILES string of the molecule is CC(C)[Si](C#Cc1nn(C2CCCCO2)c2cnc(-c3c[nH]n(C)c3=O)cc12)(C(C)C)C(C)C. The molecule has 182 valence electrons. The Labute approximate surface area is 202 Å². The molecule has 34 heavy (non-hydrogen) atoms. The minimum atomic E-state index is -1.93. The Morgan fingerprint density at radius 2 is 1.85 bits per heavy atom. The van der Waals surface area contributed by atoms with E-state index in [1.54, 1.807) is 13.2 Å². The van der Waals surface area contributed by atoms with Crippen LogP contribution in [0.4, 0.5) is 0 Å². The summed E-state index contributed by atoms with van der Waals surface area (Å²) < 4.78 is 9.46. The van der Waals surface area contributed by atoms with E-state index in [1.165, 1.54) is 4.68 Å². The van der Waals surface area contributed by atoms with Crippen molar-refractivity contribution in [2.75, 3.05) is 6.61 Å². The highest BCUT2D eigenvalue weighted by molar-refractivity contribution is 6.90. The van der Waals surface area contributed by atoms with Gasteiger partial charge in [0.05, 0.1) is 23.0 Å². The number of nitrogens with zero attached hydrogens (tertiary/aromatic N) is 4. The molecule has 1 N–H and O–H groups in total. The van der Waals surface area contributed by atoms with E-state index in [2.05, 4.69) is 63.1 Å². The molecular formula is C26H37N5O2Si. The zero-order valence-corrected chi connectivity index (χ0v) is 22.5. The summed E-state index contributed by atoms with van der Waals surface area (Å²) in [5.74, 6) is 3.54. The van der Waals surface area contributed by atoms with Gasteiger partial charge in [0, 0.05) is 25.2 Å². The Hall–Kier alpha value is -2.63. The molecule has 0 aliphatic carbocycles. The van der Waals surface area contributed by atoms with Crippen molar-refractivity contribution in [1.82, 2.24) is 24.5 Å². The monoisotopic (exact) mass is 479 g/mol. The van der Waals surface area contributed by atoms with Crippen LogP contribution in [0.2, 0.25) is 16.6 Å². The number of pyridine rings is 1. The number of hydrogen-bond donors (Lipinski definition) is 1. The molecule has 0 bridgehead atoms. The lowest BCUT2D eigenvalue weighted by molar-refractivity contribution is -0.0367. The third kappa shape index (κ3) is 4.16. The van der Waals surface area contributed by atoms with Gasteiger partial charge in [-0.25, -0.2) is 4.68 Å². The number of fused-ring (bicyclic) bond motifs is 1. The van der Waals surface area contributed by atoms with Crippen LogP contribution in [0.15, 0.2) is 23.3 Å². The van der Waals surface area contributed by atoms with E-state index in [1.807, 2.05) is 16.9 Å². The van der Waals surface area contributed by atoms with Crippen LogP contribution >= 0.6 is 0 Å². The molecule has 1 atom stereocenters. The van der Waals surface area contributed by atoms with Crippen LogP contribution in [0.5, 0.6) is 0 Å². The second-order valence-electron chi connectivity index (χ2n) is 10.4. The highest BCUT2D eigenvalue weighted by Gasteiger charge is 2.41. The van der Waals surface area contributed by atoms with Crippen molar-refractivity contribution in [3.8, 4) is 22.7 Å². The number of H-pyrrole nitrogens is 1. The Kier molecular flexibility index (Phi) is 6.88. The zero-order valence-electron chi connectivity index (χ0n) is 21.5. The lowest BCUT2D eigenvalue weighted by atomic mass is 10.1. The van der Waals surface area contributed by atoms with Crippen LogP contribution in [0.3, 0.4) is 0 Å². The average Bonchev–Trinajstić information content (AvgIpc) is 3.33. The molecule has 0 aromatic carbocycles. The molecule has 7 nitrogen and oxygen atoms in total. The lowest BCUT2D eigenvalue weighted by Gasteiger charge is -2.38. The molecule has 4 heterocycles. The van der Waals surface area contributed by atoms with E-state index in [0.717, 1.165) is 42.5 Å².